The van der Waals surface area contributed by atoms with Gasteiger partial charge in [-0.3, -0.25) is 0 Å². The van der Waals surface area contributed by atoms with Gasteiger partial charge in [-0.25, -0.2) is 9.59 Å². The highest BCUT2D eigenvalue weighted by Crippen LogP contribution is 2.34. The van der Waals surface area contributed by atoms with E-state index in [4.69, 9.17) is 9.84 Å². The van der Waals surface area contributed by atoms with E-state index < -0.39 is 35.4 Å². The molecule has 0 saturated carbocycles. The fraction of sp³-hybridized carbons (Fsp3) is 0.333. The van der Waals surface area contributed by atoms with E-state index in [1.807, 2.05) is 0 Å². The molecule has 0 saturated heterocycles. The van der Waals surface area contributed by atoms with E-state index in [0.717, 1.165) is 12.1 Å². The molecule has 0 amide bonds. The number of carbonyl (C=O) groups is 2. The van der Waals surface area contributed by atoms with Gasteiger partial charge in [0.1, 0.15) is 0 Å². The highest BCUT2D eigenvalue weighted by Gasteiger charge is 2.33. The van der Waals surface area contributed by atoms with Gasteiger partial charge in [0.15, 0.2) is 5.57 Å². The van der Waals surface area contributed by atoms with Crippen molar-refractivity contribution < 1.29 is 32.6 Å². The van der Waals surface area contributed by atoms with Gasteiger partial charge in [0.05, 0.1) is 17.4 Å². The third-order valence-corrected chi connectivity index (χ3v) is 2.94. The molecule has 0 aliphatic carbocycles. The van der Waals surface area contributed by atoms with Crippen LogP contribution in [0.5, 0.6) is 0 Å². The van der Waals surface area contributed by atoms with Crippen molar-refractivity contribution in [1.82, 2.24) is 0 Å². The Balaban J connectivity index is 3.04. The Morgan fingerprint density at radius 2 is 1.96 bits per heavy atom. The monoisotopic (exact) mass is 331 g/mol. The number of carboxylic acid groups (broad SMARTS) is 1. The molecule has 1 aromatic carbocycles. The van der Waals surface area contributed by atoms with E-state index in [9.17, 15) is 22.8 Å². The van der Waals surface area contributed by atoms with Gasteiger partial charge in [0.2, 0.25) is 0 Å². The van der Waals surface area contributed by atoms with Crippen molar-refractivity contribution in [3.63, 3.8) is 0 Å². The molecular formula is C15H16F3NO4. The van der Waals surface area contributed by atoms with E-state index in [2.05, 4.69) is 5.32 Å². The molecule has 0 fully saturated rings. The molecule has 2 N–H and O–H groups in total. The summed E-state index contributed by atoms with van der Waals surface area (Å²) in [4.78, 5) is 22.8. The number of carboxylic acids is 1. The zero-order valence-corrected chi connectivity index (χ0v) is 12.5. The van der Waals surface area contributed by atoms with Crippen LogP contribution in [-0.4, -0.2) is 23.1 Å². The number of carbonyl (C=O) groups excluding carboxylic acids is 1. The van der Waals surface area contributed by atoms with Crippen molar-refractivity contribution >= 4 is 17.6 Å². The van der Waals surface area contributed by atoms with Crippen molar-refractivity contribution in [1.29, 1.82) is 0 Å². The summed E-state index contributed by atoms with van der Waals surface area (Å²) in [5.41, 5.74) is -2.13. The van der Waals surface area contributed by atoms with Crippen LogP contribution in [0.1, 0.15) is 25.8 Å². The molecule has 23 heavy (non-hydrogen) atoms. The number of nitrogens with one attached hydrogen (secondary N) is 1. The fourth-order valence-electron chi connectivity index (χ4n) is 1.54. The minimum atomic E-state index is -4.61. The van der Waals surface area contributed by atoms with Crippen molar-refractivity contribution in [2.75, 3.05) is 5.32 Å². The van der Waals surface area contributed by atoms with E-state index in [-0.39, 0.29) is 5.69 Å². The first kappa shape index (κ1) is 18.5. The standard InChI is InChI=1S/C15H16F3NO4/c1-3-9(2)23-14(22)10(13(20)21)8-19-12-7-5-4-6-11(12)15(16,17)18/h4-9,19H,3H2,1-2H3,(H,20,21). The number of aliphatic carboxylic acids is 1. The lowest BCUT2D eigenvalue weighted by molar-refractivity contribution is -0.147. The molecule has 126 valence electrons. The van der Waals surface area contributed by atoms with E-state index >= 15 is 0 Å². The molecule has 0 aliphatic rings. The Bertz CT molecular complexity index is 611. The molecule has 0 bridgehead atoms. The minimum Gasteiger partial charge on any atom is -0.477 e. The summed E-state index contributed by atoms with van der Waals surface area (Å²) < 4.78 is 43.4. The largest absolute Gasteiger partial charge is 0.477 e. The number of para-hydroxylation sites is 1. The lowest BCUT2D eigenvalue weighted by Gasteiger charge is -2.13. The molecule has 1 unspecified atom stereocenters. The number of anilines is 1. The Hall–Kier alpha value is -2.51. The number of halogens is 3. The quantitative estimate of drug-likeness (QED) is 0.361. The molecule has 0 spiro atoms. The average molecular weight is 331 g/mol. The molecular weight excluding hydrogens is 315 g/mol. The van der Waals surface area contributed by atoms with Gasteiger partial charge in [-0.2, -0.15) is 13.2 Å². The summed E-state index contributed by atoms with van der Waals surface area (Å²) in [6, 6.07) is 4.52. The van der Waals surface area contributed by atoms with Gasteiger partial charge in [0, 0.05) is 6.20 Å². The molecule has 1 aromatic rings. The predicted molar refractivity (Wildman–Crippen MR) is 76.6 cm³/mol. The Labute approximate surface area is 130 Å². The average Bonchev–Trinajstić information content (AvgIpc) is 2.46. The molecule has 5 nitrogen and oxygen atoms in total. The van der Waals surface area contributed by atoms with Crippen molar-refractivity contribution in [3.05, 3.63) is 41.6 Å². The summed E-state index contributed by atoms with van der Waals surface area (Å²) in [7, 11) is 0. The van der Waals surface area contributed by atoms with Gasteiger partial charge in [-0.15, -0.1) is 0 Å². The normalized spacial score (nSPS) is 13.3. The van der Waals surface area contributed by atoms with Gasteiger partial charge in [0.25, 0.3) is 0 Å². The van der Waals surface area contributed by atoms with E-state index in [1.54, 1.807) is 13.8 Å². The molecule has 0 radical (unpaired) electrons. The summed E-state index contributed by atoms with van der Waals surface area (Å²) in [5, 5.41) is 11.2. The Morgan fingerprint density at radius 1 is 1.35 bits per heavy atom. The third kappa shape index (κ3) is 5.32. The highest BCUT2D eigenvalue weighted by molar-refractivity contribution is 6.13. The van der Waals surface area contributed by atoms with Crippen LogP contribution in [0.2, 0.25) is 0 Å². The Kier molecular flexibility index (Phi) is 6.18. The summed E-state index contributed by atoms with van der Waals surface area (Å²) in [6.45, 7) is 3.31. The smallest absolute Gasteiger partial charge is 0.418 e. The number of esters is 1. The summed E-state index contributed by atoms with van der Waals surface area (Å²) in [6.07, 6.45) is -3.95. The third-order valence-electron chi connectivity index (χ3n) is 2.94. The van der Waals surface area contributed by atoms with Crippen LogP contribution >= 0.6 is 0 Å². The summed E-state index contributed by atoms with van der Waals surface area (Å²) in [5.74, 6) is -2.72. The van der Waals surface area contributed by atoms with Crippen molar-refractivity contribution in [3.8, 4) is 0 Å². The van der Waals surface area contributed by atoms with Crippen molar-refractivity contribution in [2.45, 2.75) is 32.5 Å². The van der Waals surface area contributed by atoms with Gasteiger partial charge < -0.3 is 15.2 Å². The number of hydrogen-bond donors (Lipinski definition) is 2. The molecule has 8 heteroatoms. The first-order valence-corrected chi connectivity index (χ1v) is 6.74. The number of hydrogen-bond acceptors (Lipinski definition) is 4. The van der Waals surface area contributed by atoms with E-state index in [0.29, 0.717) is 12.6 Å². The van der Waals surface area contributed by atoms with Crippen LogP contribution in [0, 0.1) is 0 Å². The second-order valence-corrected chi connectivity index (χ2v) is 4.68. The first-order chi connectivity index (χ1) is 10.7. The maximum Gasteiger partial charge on any atom is 0.418 e. The topological polar surface area (TPSA) is 75.6 Å². The van der Waals surface area contributed by atoms with Gasteiger partial charge >= 0.3 is 18.1 Å². The zero-order chi connectivity index (χ0) is 17.6. The van der Waals surface area contributed by atoms with E-state index in [1.165, 1.54) is 12.1 Å². The second-order valence-electron chi connectivity index (χ2n) is 4.68. The first-order valence-electron chi connectivity index (χ1n) is 6.74. The predicted octanol–water partition coefficient (Wildman–Crippen LogP) is 3.43. The number of alkyl halides is 3. The Morgan fingerprint density at radius 3 is 2.48 bits per heavy atom. The van der Waals surface area contributed by atoms with Crippen LogP contribution in [0.3, 0.4) is 0 Å². The van der Waals surface area contributed by atoms with Crippen LogP contribution in [0.4, 0.5) is 18.9 Å². The number of rotatable bonds is 6. The van der Waals surface area contributed by atoms with Crippen LogP contribution in [0.25, 0.3) is 0 Å². The molecule has 1 atom stereocenters. The fourth-order valence-corrected chi connectivity index (χ4v) is 1.54. The highest BCUT2D eigenvalue weighted by atomic mass is 19.4. The van der Waals surface area contributed by atoms with Crippen LogP contribution in [0.15, 0.2) is 36.0 Å². The van der Waals surface area contributed by atoms with Gasteiger partial charge in [-0.1, -0.05) is 19.1 Å². The maximum atomic E-state index is 12.8. The van der Waals surface area contributed by atoms with Crippen molar-refractivity contribution in [2.24, 2.45) is 0 Å². The summed E-state index contributed by atoms with van der Waals surface area (Å²) >= 11 is 0. The van der Waals surface area contributed by atoms with Crippen LogP contribution in [-0.2, 0) is 20.5 Å². The lowest BCUT2D eigenvalue weighted by atomic mass is 10.1. The lowest BCUT2D eigenvalue weighted by Crippen LogP contribution is -2.21. The number of benzene rings is 1. The minimum absolute atomic E-state index is 0.366. The molecule has 1 rings (SSSR count). The van der Waals surface area contributed by atoms with Gasteiger partial charge in [-0.05, 0) is 25.5 Å². The molecule has 0 aliphatic heterocycles. The molecule has 0 aromatic heterocycles. The zero-order valence-electron chi connectivity index (χ0n) is 12.5. The molecule has 0 heterocycles. The van der Waals surface area contributed by atoms with Crippen LogP contribution < -0.4 is 5.32 Å². The maximum absolute atomic E-state index is 12.8. The second kappa shape index (κ2) is 7.66. The number of ether oxygens (including phenoxy) is 1. The SMILES string of the molecule is CCC(C)OC(=O)C(=CNc1ccccc1C(F)(F)F)C(=O)O.